The van der Waals surface area contributed by atoms with Gasteiger partial charge < -0.3 is 10.1 Å². The minimum atomic E-state index is 0.463. The second kappa shape index (κ2) is 6.42. The smallest absolute Gasteiger partial charge is 0.142 e. The zero-order valence-corrected chi connectivity index (χ0v) is 12.5. The molecule has 0 spiro atoms. The Kier molecular flexibility index (Phi) is 4.61. The van der Waals surface area contributed by atoms with Crippen LogP contribution in [0.5, 0.6) is 5.75 Å². The lowest BCUT2D eigenvalue weighted by molar-refractivity contribution is 0.417. The van der Waals surface area contributed by atoms with Gasteiger partial charge in [-0.05, 0) is 25.1 Å². The zero-order valence-electron chi connectivity index (χ0n) is 11.0. The van der Waals surface area contributed by atoms with Crippen molar-refractivity contribution >= 4 is 34.2 Å². The van der Waals surface area contributed by atoms with Gasteiger partial charge in [-0.15, -0.1) is 11.3 Å². The number of ether oxygens (including phenoxy) is 1. The fourth-order valence-corrected chi connectivity index (χ4v) is 2.50. The highest BCUT2D eigenvalue weighted by Crippen LogP contribution is 2.28. The van der Waals surface area contributed by atoms with Crippen molar-refractivity contribution in [3.05, 3.63) is 45.5 Å². The van der Waals surface area contributed by atoms with E-state index in [1.165, 1.54) is 11.3 Å². The molecular weight excluding hydrogens is 294 g/mol. The van der Waals surface area contributed by atoms with Crippen LogP contribution >= 0.6 is 22.9 Å². The van der Waals surface area contributed by atoms with Gasteiger partial charge in [0.25, 0.3) is 0 Å². The molecule has 0 bridgehead atoms. The molecule has 102 valence electrons. The number of benzene rings is 1. The largest absolute Gasteiger partial charge is 0.495 e. The third kappa shape index (κ3) is 3.29. The van der Waals surface area contributed by atoms with Crippen molar-refractivity contribution in [3.63, 3.8) is 0 Å². The molecule has 0 unspecified atom stereocenters. The number of anilines is 1. The second-order valence-electron chi connectivity index (χ2n) is 3.95. The third-order valence-corrected chi connectivity index (χ3v) is 3.73. The Morgan fingerprint density at radius 2 is 2.35 bits per heavy atom. The number of nitrogens with zero attached hydrogens (tertiary/aromatic N) is 2. The van der Waals surface area contributed by atoms with Gasteiger partial charge in [0, 0.05) is 22.3 Å². The Morgan fingerprint density at radius 1 is 1.55 bits per heavy atom. The van der Waals surface area contributed by atoms with E-state index in [9.17, 15) is 5.26 Å². The monoisotopic (exact) mass is 305 g/mol. The molecular formula is C14H12ClN3OS. The van der Waals surface area contributed by atoms with Gasteiger partial charge in [0.1, 0.15) is 22.4 Å². The molecule has 0 aliphatic carbocycles. The highest BCUT2D eigenvalue weighted by atomic mass is 35.5. The molecule has 0 atom stereocenters. The van der Waals surface area contributed by atoms with Crippen LogP contribution in [0.25, 0.3) is 5.57 Å². The first kappa shape index (κ1) is 14.4. The van der Waals surface area contributed by atoms with Gasteiger partial charge in [0.05, 0.1) is 12.8 Å². The van der Waals surface area contributed by atoms with Crippen LogP contribution < -0.4 is 10.1 Å². The number of thiazole rings is 1. The summed E-state index contributed by atoms with van der Waals surface area (Å²) < 4.78 is 5.23. The normalized spacial score (nSPS) is 11.0. The molecule has 1 N–H and O–H groups in total. The molecule has 0 saturated carbocycles. The van der Waals surface area contributed by atoms with Gasteiger partial charge in [-0.3, -0.25) is 0 Å². The Morgan fingerprint density at radius 3 is 2.95 bits per heavy atom. The topological polar surface area (TPSA) is 57.9 Å². The minimum absolute atomic E-state index is 0.463. The molecule has 4 nitrogen and oxygen atoms in total. The molecule has 1 aromatic carbocycles. The maximum absolute atomic E-state index is 9.20. The van der Waals surface area contributed by atoms with E-state index in [0.717, 1.165) is 5.69 Å². The number of nitriles is 1. The van der Waals surface area contributed by atoms with E-state index >= 15 is 0 Å². The van der Waals surface area contributed by atoms with Crippen LogP contribution in [0.3, 0.4) is 0 Å². The molecule has 0 saturated heterocycles. The van der Waals surface area contributed by atoms with Crippen LogP contribution in [0, 0.1) is 18.3 Å². The van der Waals surface area contributed by atoms with Gasteiger partial charge in [-0.1, -0.05) is 11.6 Å². The Balaban J connectivity index is 2.27. The van der Waals surface area contributed by atoms with Crippen LogP contribution in [0.4, 0.5) is 5.69 Å². The lowest BCUT2D eigenvalue weighted by atomic mass is 10.2. The van der Waals surface area contributed by atoms with Crippen molar-refractivity contribution in [2.24, 2.45) is 0 Å². The van der Waals surface area contributed by atoms with Gasteiger partial charge in [-0.25, -0.2) is 4.98 Å². The summed E-state index contributed by atoms with van der Waals surface area (Å²) in [5.41, 5.74) is 2.05. The molecule has 0 fully saturated rings. The maximum Gasteiger partial charge on any atom is 0.142 e. The van der Waals surface area contributed by atoms with Gasteiger partial charge in [-0.2, -0.15) is 5.26 Å². The Hall–Kier alpha value is -2.03. The number of halogens is 1. The van der Waals surface area contributed by atoms with E-state index in [2.05, 4.69) is 16.4 Å². The number of methoxy groups -OCH3 is 1. The highest BCUT2D eigenvalue weighted by molar-refractivity contribution is 7.10. The zero-order chi connectivity index (χ0) is 14.5. The summed E-state index contributed by atoms with van der Waals surface area (Å²) in [6.45, 7) is 1.89. The summed E-state index contributed by atoms with van der Waals surface area (Å²) in [4.78, 5) is 4.28. The molecule has 6 heteroatoms. The molecule has 0 radical (unpaired) electrons. The van der Waals surface area contributed by atoms with E-state index in [4.69, 9.17) is 16.3 Å². The molecule has 1 heterocycles. The lowest BCUT2D eigenvalue weighted by Crippen LogP contribution is -1.94. The quantitative estimate of drug-likeness (QED) is 0.864. The number of nitrogens with one attached hydrogen (secondary N) is 1. The summed E-state index contributed by atoms with van der Waals surface area (Å²) >= 11 is 7.38. The Labute approximate surface area is 126 Å². The second-order valence-corrected chi connectivity index (χ2v) is 5.25. The molecule has 2 rings (SSSR count). The number of hydrogen-bond donors (Lipinski definition) is 1. The van der Waals surface area contributed by atoms with Crippen molar-refractivity contribution in [1.29, 1.82) is 5.26 Å². The average molecular weight is 306 g/mol. The molecule has 20 heavy (non-hydrogen) atoms. The van der Waals surface area contributed by atoms with Gasteiger partial charge >= 0.3 is 0 Å². The molecule has 1 aromatic heterocycles. The summed E-state index contributed by atoms with van der Waals surface area (Å²) in [5.74, 6) is 0.651. The number of rotatable bonds is 4. The predicted octanol–water partition coefficient (Wildman–Crippen LogP) is 4.09. The summed E-state index contributed by atoms with van der Waals surface area (Å²) in [6, 6.07) is 7.36. The SMILES string of the molecule is COc1ccc(Cl)cc1N/C=C(\C#N)c1nc(C)cs1. The van der Waals surface area contributed by atoms with E-state index in [0.29, 0.717) is 27.0 Å². The van der Waals surface area contributed by atoms with E-state index in [-0.39, 0.29) is 0 Å². The minimum Gasteiger partial charge on any atom is -0.495 e. The molecule has 0 amide bonds. The first-order valence-corrected chi connectivity index (χ1v) is 7.02. The fourth-order valence-electron chi connectivity index (χ4n) is 1.56. The van der Waals surface area contributed by atoms with Crippen LogP contribution in [0.1, 0.15) is 10.7 Å². The first-order valence-electron chi connectivity index (χ1n) is 5.77. The molecule has 2 aromatic rings. The summed E-state index contributed by atoms with van der Waals surface area (Å²) in [5, 5.41) is 15.4. The lowest BCUT2D eigenvalue weighted by Gasteiger charge is -2.08. The van der Waals surface area contributed by atoms with Crippen LogP contribution in [-0.4, -0.2) is 12.1 Å². The maximum atomic E-state index is 9.20. The first-order chi connectivity index (χ1) is 9.63. The summed E-state index contributed by atoms with van der Waals surface area (Å²) in [6.07, 6.45) is 1.60. The molecule has 0 aliphatic rings. The van der Waals surface area contributed by atoms with Crippen molar-refractivity contribution in [2.45, 2.75) is 6.92 Å². The van der Waals surface area contributed by atoms with Gasteiger partial charge in [0.15, 0.2) is 0 Å². The van der Waals surface area contributed by atoms with Crippen LogP contribution in [0.2, 0.25) is 5.02 Å². The predicted molar refractivity (Wildman–Crippen MR) is 82.1 cm³/mol. The van der Waals surface area contributed by atoms with Crippen molar-refractivity contribution < 1.29 is 4.74 Å². The fraction of sp³-hybridized carbons (Fsp3) is 0.143. The highest BCUT2D eigenvalue weighted by Gasteiger charge is 2.07. The van der Waals surface area contributed by atoms with E-state index < -0.39 is 0 Å². The van der Waals surface area contributed by atoms with Crippen molar-refractivity contribution in [3.8, 4) is 11.8 Å². The Bertz CT molecular complexity index is 688. The average Bonchev–Trinajstić information content (AvgIpc) is 2.86. The third-order valence-electron chi connectivity index (χ3n) is 2.50. The standard InChI is InChI=1S/C14H12ClN3OS/c1-9-8-20-14(18-9)10(6-16)7-17-12-5-11(15)3-4-13(12)19-2/h3-5,7-8,17H,1-2H3/b10-7+. The number of allylic oxidation sites excluding steroid dienone is 1. The van der Waals surface area contributed by atoms with Crippen molar-refractivity contribution in [2.75, 3.05) is 12.4 Å². The van der Waals surface area contributed by atoms with Crippen LogP contribution in [0.15, 0.2) is 29.8 Å². The number of aromatic nitrogens is 1. The summed E-state index contributed by atoms with van der Waals surface area (Å²) in [7, 11) is 1.58. The van der Waals surface area contributed by atoms with E-state index in [1.807, 2.05) is 12.3 Å². The number of hydrogen-bond acceptors (Lipinski definition) is 5. The van der Waals surface area contributed by atoms with Crippen LogP contribution in [-0.2, 0) is 0 Å². The van der Waals surface area contributed by atoms with E-state index in [1.54, 1.807) is 31.5 Å². The molecule has 0 aliphatic heterocycles. The number of aryl methyl sites for hydroxylation is 1. The van der Waals surface area contributed by atoms with Crippen molar-refractivity contribution in [1.82, 2.24) is 4.98 Å². The van der Waals surface area contributed by atoms with Gasteiger partial charge in [0.2, 0.25) is 0 Å².